The molecule has 2 aromatic carbocycles. The van der Waals surface area contributed by atoms with Gasteiger partial charge in [0.05, 0.1) is 5.52 Å². The molecule has 11 heteroatoms. The average Bonchev–Trinajstić information content (AvgIpc) is 3.00. The van der Waals surface area contributed by atoms with Gasteiger partial charge in [-0.3, -0.25) is 4.90 Å². The van der Waals surface area contributed by atoms with Gasteiger partial charge in [0.15, 0.2) is 0 Å². The molecular formula is C32H36F2N6O3. The van der Waals surface area contributed by atoms with E-state index in [0.29, 0.717) is 31.9 Å². The molecule has 3 heterocycles. The van der Waals surface area contributed by atoms with E-state index in [9.17, 15) is 18.7 Å². The maximum atomic E-state index is 13.6. The van der Waals surface area contributed by atoms with Gasteiger partial charge in [-0.15, -0.1) is 0 Å². The third-order valence-corrected chi connectivity index (χ3v) is 7.51. The van der Waals surface area contributed by atoms with Crippen molar-refractivity contribution in [3.05, 3.63) is 83.8 Å². The highest BCUT2D eigenvalue weighted by Gasteiger charge is 2.21. The van der Waals surface area contributed by atoms with Gasteiger partial charge in [0.1, 0.15) is 48.0 Å². The summed E-state index contributed by atoms with van der Waals surface area (Å²) in [6.07, 6.45) is 6.50. The largest absolute Gasteiger partial charge is 0.492 e. The van der Waals surface area contributed by atoms with Gasteiger partial charge in [-0.05, 0) is 68.8 Å². The van der Waals surface area contributed by atoms with Crippen molar-refractivity contribution >= 4 is 28.5 Å². The number of unbranched alkanes of at least 4 members (excludes halogenated alkanes) is 1. The Morgan fingerprint density at radius 1 is 1.05 bits per heavy atom. The number of carbonyl (C=O) groups is 1. The number of anilines is 2. The van der Waals surface area contributed by atoms with Crippen molar-refractivity contribution in [2.24, 2.45) is 0 Å². The number of pyridine rings is 1. The number of hydrogen-bond acceptors (Lipinski definition) is 8. The number of nitrogens with zero attached hydrogens (tertiary/aromatic N) is 4. The second-order valence-electron chi connectivity index (χ2n) is 10.7. The lowest BCUT2D eigenvalue weighted by Gasteiger charge is -2.25. The molecule has 0 aliphatic carbocycles. The van der Waals surface area contributed by atoms with E-state index in [1.54, 1.807) is 0 Å². The topological polar surface area (TPSA) is 112 Å². The maximum Gasteiger partial charge on any atom is 0.326 e. The summed E-state index contributed by atoms with van der Waals surface area (Å²) in [6, 6.07) is 13.9. The van der Waals surface area contributed by atoms with Crippen LogP contribution in [0, 0.1) is 11.6 Å². The molecule has 0 radical (unpaired) electrons. The van der Waals surface area contributed by atoms with Gasteiger partial charge in [-0.2, -0.15) is 0 Å². The number of hydrogen-bond donors (Lipinski definition) is 3. The van der Waals surface area contributed by atoms with Crippen LogP contribution in [0.25, 0.3) is 10.9 Å². The second-order valence-corrected chi connectivity index (χ2v) is 10.7. The summed E-state index contributed by atoms with van der Waals surface area (Å²) in [7, 11) is 0. The number of para-hydroxylation sites is 1. The number of carboxylic acid groups (broad SMARTS) is 1. The summed E-state index contributed by atoms with van der Waals surface area (Å²) in [4.78, 5) is 27.6. The molecule has 0 fully saturated rings. The lowest BCUT2D eigenvalue weighted by Crippen LogP contribution is -2.37. The zero-order chi connectivity index (χ0) is 30.0. The fourth-order valence-corrected chi connectivity index (χ4v) is 5.24. The molecule has 0 saturated carbocycles. The van der Waals surface area contributed by atoms with Crippen molar-refractivity contribution < 1.29 is 23.4 Å². The summed E-state index contributed by atoms with van der Waals surface area (Å²) >= 11 is 0. The average molecular weight is 591 g/mol. The summed E-state index contributed by atoms with van der Waals surface area (Å²) in [5.41, 5.74) is 3.03. The number of ether oxygens (including phenoxy) is 1. The monoisotopic (exact) mass is 590 g/mol. The SMILES string of the molecule is O=C(O)[C@H](CCN(CCCCc1ccc2c(n1)NCCC2)CCOc1cc(F)cc(F)c1)Nc1ncnc2ccccc12. The molecule has 43 heavy (non-hydrogen) atoms. The number of fused-ring (bicyclic) bond motifs is 2. The molecular weight excluding hydrogens is 554 g/mol. The van der Waals surface area contributed by atoms with Crippen molar-refractivity contribution in [1.29, 1.82) is 0 Å². The third-order valence-electron chi connectivity index (χ3n) is 7.51. The lowest BCUT2D eigenvalue weighted by molar-refractivity contribution is -0.138. The van der Waals surface area contributed by atoms with Crippen LogP contribution >= 0.6 is 0 Å². The van der Waals surface area contributed by atoms with Crippen molar-refractivity contribution in [2.45, 2.75) is 44.6 Å². The highest BCUT2D eigenvalue weighted by atomic mass is 19.1. The first-order valence-electron chi connectivity index (χ1n) is 14.7. The van der Waals surface area contributed by atoms with Crippen molar-refractivity contribution in [3.63, 3.8) is 0 Å². The highest BCUT2D eigenvalue weighted by Crippen LogP contribution is 2.22. The Hall–Kier alpha value is -4.38. The molecule has 9 nitrogen and oxygen atoms in total. The van der Waals surface area contributed by atoms with Crippen LogP contribution in [0.1, 0.15) is 36.9 Å². The van der Waals surface area contributed by atoms with Crippen LogP contribution in [-0.4, -0.2) is 69.8 Å². The van der Waals surface area contributed by atoms with Gasteiger partial charge in [0.25, 0.3) is 0 Å². The Bertz CT molecular complexity index is 1510. The molecule has 1 atom stereocenters. The molecule has 2 aromatic heterocycles. The van der Waals surface area contributed by atoms with E-state index >= 15 is 0 Å². The quantitative estimate of drug-likeness (QED) is 0.158. The van der Waals surface area contributed by atoms with Crippen LogP contribution in [-0.2, 0) is 17.6 Å². The molecule has 5 rings (SSSR count). The summed E-state index contributed by atoms with van der Waals surface area (Å²) < 4.78 is 32.8. The molecule has 226 valence electrons. The minimum atomic E-state index is -0.985. The summed E-state index contributed by atoms with van der Waals surface area (Å²) in [6.45, 7) is 2.77. The van der Waals surface area contributed by atoms with Crippen molar-refractivity contribution in [2.75, 3.05) is 43.4 Å². The first kappa shape index (κ1) is 30.1. The Balaban J connectivity index is 1.19. The molecule has 0 unspecified atom stereocenters. The molecule has 0 saturated heterocycles. The number of nitrogens with one attached hydrogen (secondary N) is 2. The first-order valence-corrected chi connectivity index (χ1v) is 14.7. The van der Waals surface area contributed by atoms with Crippen LogP contribution in [0.4, 0.5) is 20.4 Å². The number of halogens is 2. The predicted octanol–water partition coefficient (Wildman–Crippen LogP) is 5.32. The minimum absolute atomic E-state index is 0.116. The van der Waals surface area contributed by atoms with Crippen LogP contribution in [0.15, 0.2) is 60.9 Å². The maximum absolute atomic E-state index is 13.6. The van der Waals surface area contributed by atoms with E-state index in [1.807, 2.05) is 24.3 Å². The van der Waals surface area contributed by atoms with E-state index in [0.717, 1.165) is 79.3 Å². The van der Waals surface area contributed by atoms with Crippen molar-refractivity contribution in [1.82, 2.24) is 19.9 Å². The number of aliphatic carboxylic acids is 1. The Morgan fingerprint density at radius 2 is 1.88 bits per heavy atom. The van der Waals surface area contributed by atoms with Gasteiger partial charge >= 0.3 is 5.97 Å². The van der Waals surface area contributed by atoms with E-state index in [1.165, 1.54) is 11.9 Å². The van der Waals surface area contributed by atoms with Crippen molar-refractivity contribution in [3.8, 4) is 5.75 Å². The smallest absolute Gasteiger partial charge is 0.326 e. The van der Waals surface area contributed by atoms with Crippen LogP contribution < -0.4 is 15.4 Å². The zero-order valence-corrected chi connectivity index (χ0v) is 23.9. The van der Waals surface area contributed by atoms with Gasteiger partial charge in [-0.1, -0.05) is 18.2 Å². The Morgan fingerprint density at radius 3 is 2.72 bits per heavy atom. The molecule has 3 N–H and O–H groups in total. The second kappa shape index (κ2) is 14.7. The number of rotatable bonds is 15. The minimum Gasteiger partial charge on any atom is -0.492 e. The number of aromatic nitrogens is 3. The van der Waals surface area contributed by atoms with E-state index in [2.05, 4.69) is 37.6 Å². The number of carboxylic acids is 1. The molecule has 1 aliphatic rings. The fraction of sp³-hybridized carbons (Fsp3) is 0.375. The fourth-order valence-electron chi connectivity index (χ4n) is 5.24. The van der Waals surface area contributed by atoms with E-state index < -0.39 is 23.6 Å². The Labute approximate surface area is 249 Å². The molecule has 0 amide bonds. The molecule has 1 aliphatic heterocycles. The van der Waals surface area contributed by atoms with Gasteiger partial charge in [0, 0.05) is 48.9 Å². The Kier molecular flexibility index (Phi) is 10.3. The summed E-state index contributed by atoms with van der Waals surface area (Å²) in [5.74, 6) is -0.824. The van der Waals surface area contributed by atoms with E-state index in [-0.39, 0.29) is 12.4 Å². The van der Waals surface area contributed by atoms with Gasteiger partial charge in [0.2, 0.25) is 0 Å². The van der Waals surface area contributed by atoms with Gasteiger partial charge in [-0.25, -0.2) is 28.5 Å². The molecule has 4 aromatic rings. The standard InChI is InChI=1S/C32H36F2N6O3/c33-23-18-24(34)20-26(19-23)43-17-16-40(14-4-3-7-25-11-10-22-6-5-13-35-30(22)38-25)15-12-29(32(41)42)39-31-27-8-1-2-9-28(27)36-21-37-31/h1-2,8-11,18-21,29H,3-7,12-17H2,(H,35,38)(H,41,42)(H,36,37,39)/t29-/m0/s1. The molecule has 0 spiro atoms. The van der Waals surface area contributed by atoms with E-state index in [4.69, 9.17) is 9.72 Å². The highest BCUT2D eigenvalue weighted by molar-refractivity contribution is 5.90. The van der Waals surface area contributed by atoms with Crippen LogP contribution in [0.5, 0.6) is 5.75 Å². The number of benzene rings is 2. The third kappa shape index (κ3) is 8.57. The summed E-state index contributed by atoms with van der Waals surface area (Å²) in [5, 5.41) is 17.2. The van der Waals surface area contributed by atoms with Gasteiger partial charge < -0.3 is 20.5 Å². The normalized spacial score (nSPS) is 13.4. The van der Waals surface area contributed by atoms with Crippen LogP contribution in [0.2, 0.25) is 0 Å². The first-order chi connectivity index (χ1) is 20.9. The lowest BCUT2D eigenvalue weighted by atomic mass is 10.1. The molecule has 0 bridgehead atoms. The zero-order valence-electron chi connectivity index (χ0n) is 23.9. The van der Waals surface area contributed by atoms with Crippen LogP contribution in [0.3, 0.4) is 0 Å². The number of aryl methyl sites for hydroxylation is 2. The predicted molar refractivity (Wildman–Crippen MR) is 161 cm³/mol.